The number of rotatable bonds is 1. The maximum Gasteiger partial charge on any atom is 0.315 e. The summed E-state index contributed by atoms with van der Waals surface area (Å²) >= 11 is 0. The number of hydrogen-bond donors (Lipinski definition) is 1. The van der Waals surface area contributed by atoms with Crippen molar-refractivity contribution < 1.29 is 4.79 Å². The van der Waals surface area contributed by atoms with E-state index in [0.717, 1.165) is 19.4 Å². The van der Waals surface area contributed by atoms with Gasteiger partial charge in [-0.2, -0.15) is 0 Å². The third-order valence-corrected chi connectivity index (χ3v) is 3.43. The van der Waals surface area contributed by atoms with Gasteiger partial charge in [0.05, 0.1) is 0 Å². The average Bonchev–Trinajstić information content (AvgIpc) is 2.29. The van der Waals surface area contributed by atoms with E-state index >= 15 is 0 Å². The number of carbonyl (C=O) groups excluding carboxylic acids is 1. The van der Waals surface area contributed by atoms with Crippen molar-refractivity contribution in [2.24, 2.45) is 5.73 Å². The molecule has 1 saturated heterocycles. The molecule has 86 valence electrons. The van der Waals surface area contributed by atoms with Crippen molar-refractivity contribution in [1.82, 2.24) is 4.90 Å². The first-order valence-corrected chi connectivity index (χ1v) is 5.79. The summed E-state index contributed by atoms with van der Waals surface area (Å²) in [7, 11) is 0. The fourth-order valence-electron chi connectivity index (χ4n) is 2.53. The lowest BCUT2D eigenvalue weighted by molar-refractivity contribution is 0.158. The van der Waals surface area contributed by atoms with Gasteiger partial charge in [-0.05, 0) is 31.2 Å². The molecule has 0 saturated carbocycles. The zero-order chi connectivity index (χ0) is 11.5. The molecule has 3 heteroatoms. The van der Waals surface area contributed by atoms with Crippen molar-refractivity contribution in [1.29, 1.82) is 0 Å². The van der Waals surface area contributed by atoms with Gasteiger partial charge in [-0.1, -0.05) is 30.3 Å². The summed E-state index contributed by atoms with van der Waals surface area (Å²) in [5, 5.41) is 0. The second-order valence-corrected chi connectivity index (χ2v) is 4.51. The van der Waals surface area contributed by atoms with Gasteiger partial charge in [0, 0.05) is 12.6 Å². The van der Waals surface area contributed by atoms with Gasteiger partial charge in [0.1, 0.15) is 0 Å². The number of hydrogen-bond acceptors (Lipinski definition) is 1. The molecule has 16 heavy (non-hydrogen) atoms. The molecule has 2 atom stereocenters. The summed E-state index contributed by atoms with van der Waals surface area (Å²) in [4.78, 5) is 12.9. The number of nitrogens with zero attached hydrogens (tertiary/aromatic N) is 1. The predicted octanol–water partition coefficient (Wildman–Crippen LogP) is 2.33. The third-order valence-electron chi connectivity index (χ3n) is 3.43. The fraction of sp³-hybridized carbons (Fsp3) is 0.462. The summed E-state index contributed by atoms with van der Waals surface area (Å²) in [6, 6.07) is 10.5. The van der Waals surface area contributed by atoms with Crippen molar-refractivity contribution in [3.63, 3.8) is 0 Å². The highest BCUT2D eigenvalue weighted by Gasteiger charge is 2.27. The number of benzene rings is 1. The molecule has 3 nitrogen and oxygen atoms in total. The first-order chi connectivity index (χ1) is 7.68. The Hall–Kier alpha value is -1.51. The molecule has 0 unspecified atom stereocenters. The van der Waals surface area contributed by atoms with E-state index in [-0.39, 0.29) is 12.1 Å². The van der Waals surface area contributed by atoms with Crippen LogP contribution in [0, 0.1) is 0 Å². The molecular weight excluding hydrogens is 200 g/mol. The molecule has 0 aliphatic carbocycles. The van der Waals surface area contributed by atoms with Crippen molar-refractivity contribution >= 4 is 6.03 Å². The molecule has 0 spiro atoms. The Morgan fingerprint density at radius 1 is 1.38 bits per heavy atom. The lowest BCUT2D eigenvalue weighted by Gasteiger charge is -2.36. The van der Waals surface area contributed by atoms with E-state index in [2.05, 4.69) is 31.2 Å². The fourth-order valence-corrected chi connectivity index (χ4v) is 2.53. The van der Waals surface area contributed by atoms with E-state index in [1.807, 2.05) is 6.07 Å². The van der Waals surface area contributed by atoms with Crippen LogP contribution >= 0.6 is 0 Å². The number of carbonyl (C=O) groups is 1. The molecule has 1 aromatic rings. The highest BCUT2D eigenvalue weighted by Crippen LogP contribution is 2.30. The number of likely N-dealkylation sites (tertiary alicyclic amines) is 1. The van der Waals surface area contributed by atoms with Crippen LogP contribution in [0.4, 0.5) is 4.79 Å². The van der Waals surface area contributed by atoms with Crippen molar-refractivity contribution in [2.45, 2.75) is 31.7 Å². The second kappa shape index (κ2) is 4.56. The first kappa shape index (κ1) is 11.0. The van der Waals surface area contributed by atoms with Crippen LogP contribution in [0.2, 0.25) is 0 Å². The van der Waals surface area contributed by atoms with E-state index in [9.17, 15) is 4.79 Å². The number of piperidine rings is 1. The number of amides is 2. The van der Waals surface area contributed by atoms with E-state index in [1.54, 1.807) is 4.90 Å². The molecule has 1 aromatic carbocycles. The molecule has 1 fully saturated rings. The van der Waals surface area contributed by atoms with Crippen LogP contribution in [0.15, 0.2) is 30.3 Å². The van der Waals surface area contributed by atoms with Crippen molar-refractivity contribution in [2.75, 3.05) is 6.54 Å². The smallest absolute Gasteiger partial charge is 0.315 e. The minimum absolute atomic E-state index is 0.247. The molecule has 1 aliphatic rings. The summed E-state index contributed by atoms with van der Waals surface area (Å²) in [5.74, 6) is 0.562. The molecule has 2 amide bonds. The lowest BCUT2D eigenvalue weighted by Crippen LogP contribution is -2.46. The van der Waals surface area contributed by atoms with E-state index < -0.39 is 0 Å². The second-order valence-electron chi connectivity index (χ2n) is 4.51. The van der Waals surface area contributed by atoms with Crippen LogP contribution in [-0.4, -0.2) is 23.5 Å². The van der Waals surface area contributed by atoms with Gasteiger partial charge >= 0.3 is 6.03 Å². The molecule has 0 bridgehead atoms. The third kappa shape index (κ3) is 2.18. The van der Waals surface area contributed by atoms with Crippen molar-refractivity contribution in [3.8, 4) is 0 Å². The molecule has 0 aromatic heterocycles. The topological polar surface area (TPSA) is 46.3 Å². The molecule has 1 heterocycles. The number of urea groups is 1. The first-order valence-electron chi connectivity index (χ1n) is 5.79. The van der Waals surface area contributed by atoms with Gasteiger partial charge in [0.25, 0.3) is 0 Å². The van der Waals surface area contributed by atoms with Gasteiger partial charge in [-0.15, -0.1) is 0 Å². The van der Waals surface area contributed by atoms with E-state index in [0.29, 0.717) is 5.92 Å². The normalized spacial score (nSPS) is 25.4. The van der Waals surface area contributed by atoms with Gasteiger partial charge < -0.3 is 10.6 Å². The van der Waals surface area contributed by atoms with Crippen LogP contribution < -0.4 is 5.73 Å². The predicted molar refractivity (Wildman–Crippen MR) is 64.2 cm³/mol. The van der Waals surface area contributed by atoms with Gasteiger partial charge in [0.15, 0.2) is 0 Å². The Morgan fingerprint density at radius 2 is 2.06 bits per heavy atom. The molecular formula is C13H18N2O. The lowest BCUT2D eigenvalue weighted by atomic mass is 9.86. The number of nitrogens with two attached hydrogens (primary N) is 1. The van der Waals surface area contributed by atoms with E-state index in [1.165, 1.54) is 5.56 Å². The summed E-state index contributed by atoms with van der Waals surface area (Å²) in [5.41, 5.74) is 6.70. The Bertz CT molecular complexity index is 363. The molecule has 0 radical (unpaired) electrons. The quantitative estimate of drug-likeness (QED) is 0.772. The van der Waals surface area contributed by atoms with Crippen LogP contribution in [0.1, 0.15) is 31.2 Å². The zero-order valence-electron chi connectivity index (χ0n) is 9.60. The van der Waals surface area contributed by atoms with Gasteiger partial charge in [-0.25, -0.2) is 4.79 Å². The molecule has 1 aliphatic heterocycles. The zero-order valence-corrected chi connectivity index (χ0v) is 9.60. The van der Waals surface area contributed by atoms with Crippen molar-refractivity contribution in [3.05, 3.63) is 35.9 Å². The summed E-state index contributed by atoms with van der Waals surface area (Å²) < 4.78 is 0. The van der Waals surface area contributed by atoms with Crippen LogP contribution in [-0.2, 0) is 0 Å². The largest absolute Gasteiger partial charge is 0.351 e. The Balaban J connectivity index is 2.05. The standard InChI is InChI=1S/C13H18N2O/c1-10-9-12(7-8-15(10)13(14)16)11-5-3-2-4-6-11/h2-6,10,12H,7-9H2,1H3,(H2,14,16)/t10-,12+/m1/s1. The maximum absolute atomic E-state index is 11.2. The monoisotopic (exact) mass is 218 g/mol. The minimum atomic E-state index is -0.293. The summed E-state index contributed by atoms with van der Waals surface area (Å²) in [6.45, 7) is 2.84. The van der Waals surface area contributed by atoms with Crippen LogP contribution in [0.25, 0.3) is 0 Å². The summed E-state index contributed by atoms with van der Waals surface area (Å²) in [6.07, 6.45) is 2.02. The highest BCUT2D eigenvalue weighted by molar-refractivity contribution is 5.72. The maximum atomic E-state index is 11.2. The average molecular weight is 218 g/mol. The van der Waals surface area contributed by atoms with E-state index in [4.69, 9.17) is 5.73 Å². The van der Waals surface area contributed by atoms with Crippen LogP contribution in [0.5, 0.6) is 0 Å². The molecule has 2 rings (SSSR count). The van der Waals surface area contributed by atoms with Gasteiger partial charge in [-0.3, -0.25) is 0 Å². The Labute approximate surface area is 96.2 Å². The minimum Gasteiger partial charge on any atom is -0.351 e. The highest BCUT2D eigenvalue weighted by atomic mass is 16.2. The number of primary amides is 1. The Kier molecular flexibility index (Phi) is 3.13. The SMILES string of the molecule is C[C@@H]1C[C@@H](c2ccccc2)CCN1C(N)=O. The van der Waals surface area contributed by atoms with Gasteiger partial charge in [0.2, 0.25) is 0 Å². The molecule has 2 N–H and O–H groups in total. The van der Waals surface area contributed by atoms with Crippen LogP contribution in [0.3, 0.4) is 0 Å². The Morgan fingerprint density at radius 3 is 2.62 bits per heavy atom.